The van der Waals surface area contributed by atoms with Crippen molar-refractivity contribution in [3.63, 3.8) is 0 Å². The van der Waals surface area contributed by atoms with E-state index in [2.05, 4.69) is 32.2 Å². The summed E-state index contributed by atoms with van der Waals surface area (Å²) in [6.07, 6.45) is 2.34. The van der Waals surface area contributed by atoms with Gasteiger partial charge in [0.15, 0.2) is 0 Å². The Morgan fingerprint density at radius 1 is 1.39 bits per heavy atom. The molecular formula is C13H23NO2S2. The third kappa shape index (κ3) is 4.71. The van der Waals surface area contributed by atoms with Crippen molar-refractivity contribution in [2.24, 2.45) is 0 Å². The second-order valence-corrected chi connectivity index (χ2v) is 8.34. The number of thiophene rings is 1. The van der Waals surface area contributed by atoms with Crippen molar-refractivity contribution in [2.45, 2.75) is 46.2 Å². The van der Waals surface area contributed by atoms with Gasteiger partial charge < -0.3 is 5.32 Å². The molecule has 0 saturated heterocycles. The molecule has 18 heavy (non-hydrogen) atoms. The molecule has 0 aliphatic rings. The molecule has 0 saturated carbocycles. The van der Waals surface area contributed by atoms with Crippen LogP contribution < -0.4 is 5.32 Å². The Bertz CT molecular complexity index is 491. The first-order valence-corrected chi connectivity index (χ1v) is 9.13. The fourth-order valence-electron chi connectivity index (χ4n) is 2.12. The maximum atomic E-state index is 11.2. The number of hydrogen-bond acceptors (Lipinski definition) is 4. The Kier molecular flexibility index (Phi) is 5.37. The fourth-order valence-corrected chi connectivity index (χ4v) is 4.26. The first kappa shape index (κ1) is 15.7. The third-order valence-electron chi connectivity index (χ3n) is 2.87. The van der Waals surface area contributed by atoms with E-state index in [9.17, 15) is 8.42 Å². The molecule has 1 aromatic heterocycles. The molecule has 3 nitrogen and oxygen atoms in total. The summed E-state index contributed by atoms with van der Waals surface area (Å²) in [5.41, 5.74) is 1.34. The van der Waals surface area contributed by atoms with Gasteiger partial charge in [-0.2, -0.15) is 0 Å². The van der Waals surface area contributed by atoms with Crippen LogP contribution in [-0.4, -0.2) is 26.5 Å². The summed E-state index contributed by atoms with van der Waals surface area (Å²) < 4.78 is 22.5. The van der Waals surface area contributed by atoms with Gasteiger partial charge in [-0.1, -0.05) is 6.92 Å². The molecule has 2 atom stereocenters. The van der Waals surface area contributed by atoms with E-state index >= 15 is 0 Å². The van der Waals surface area contributed by atoms with E-state index < -0.39 is 9.84 Å². The highest BCUT2D eigenvalue weighted by molar-refractivity contribution is 7.90. The van der Waals surface area contributed by atoms with Crippen LogP contribution in [0, 0.1) is 6.92 Å². The quantitative estimate of drug-likeness (QED) is 0.876. The second-order valence-electron chi connectivity index (χ2n) is 4.99. The molecule has 0 spiro atoms. The van der Waals surface area contributed by atoms with Crippen LogP contribution >= 0.6 is 11.3 Å². The summed E-state index contributed by atoms with van der Waals surface area (Å²) in [5, 5.41) is 3.35. The predicted molar refractivity (Wildman–Crippen MR) is 79.2 cm³/mol. The zero-order chi connectivity index (χ0) is 13.9. The maximum absolute atomic E-state index is 11.2. The second kappa shape index (κ2) is 6.17. The molecule has 104 valence electrons. The largest absolute Gasteiger partial charge is 0.306 e. The number of hydrogen-bond donors (Lipinski definition) is 1. The smallest absolute Gasteiger partial charge is 0.148 e. The summed E-state index contributed by atoms with van der Waals surface area (Å²) in [7, 11) is -2.92. The van der Waals surface area contributed by atoms with Gasteiger partial charge in [-0.15, -0.1) is 11.3 Å². The minimum atomic E-state index is -2.92. The number of rotatable bonds is 6. The van der Waals surface area contributed by atoms with Crippen molar-refractivity contribution in [3.05, 3.63) is 21.4 Å². The van der Waals surface area contributed by atoms with Crippen LogP contribution in [0.1, 0.15) is 42.1 Å². The van der Waals surface area contributed by atoms with Gasteiger partial charge in [0, 0.05) is 28.1 Å². The molecule has 0 aromatic carbocycles. The van der Waals surface area contributed by atoms with Gasteiger partial charge in [-0.25, -0.2) is 8.42 Å². The van der Waals surface area contributed by atoms with Crippen molar-refractivity contribution in [1.29, 1.82) is 0 Å². The number of nitrogens with one attached hydrogen (secondary N) is 1. The van der Waals surface area contributed by atoms with Gasteiger partial charge in [-0.05, 0) is 38.8 Å². The molecule has 0 amide bonds. The van der Waals surface area contributed by atoms with Crippen molar-refractivity contribution in [2.75, 3.05) is 12.0 Å². The zero-order valence-corrected chi connectivity index (χ0v) is 13.4. The van der Waals surface area contributed by atoms with Gasteiger partial charge in [0.25, 0.3) is 0 Å². The van der Waals surface area contributed by atoms with Crippen LogP contribution in [0.15, 0.2) is 6.07 Å². The van der Waals surface area contributed by atoms with Crippen LogP contribution in [0.25, 0.3) is 0 Å². The number of sulfone groups is 1. The van der Waals surface area contributed by atoms with Crippen molar-refractivity contribution in [1.82, 2.24) is 5.32 Å². The average molecular weight is 289 g/mol. The topological polar surface area (TPSA) is 46.2 Å². The molecule has 1 heterocycles. The summed E-state index contributed by atoms with van der Waals surface area (Å²) in [4.78, 5) is 2.69. The lowest BCUT2D eigenvalue weighted by atomic mass is 10.2. The molecule has 1 aromatic rings. The highest BCUT2D eigenvalue weighted by Crippen LogP contribution is 2.27. The lowest BCUT2D eigenvalue weighted by molar-refractivity contribution is 0.505. The Hall–Kier alpha value is -0.390. The highest BCUT2D eigenvalue weighted by atomic mass is 32.2. The lowest BCUT2D eigenvalue weighted by Crippen LogP contribution is -2.34. The molecule has 0 aliphatic carbocycles. The zero-order valence-electron chi connectivity index (χ0n) is 11.8. The van der Waals surface area contributed by atoms with Crippen LogP contribution in [0.3, 0.4) is 0 Å². The van der Waals surface area contributed by atoms with Crippen LogP contribution in [-0.2, 0) is 16.3 Å². The summed E-state index contributed by atoms with van der Waals surface area (Å²) >= 11 is 1.82. The summed E-state index contributed by atoms with van der Waals surface area (Å²) in [6.45, 7) is 8.29. The van der Waals surface area contributed by atoms with Crippen molar-refractivity contribution in [3.8, 4) is 0 Å². The van der Waals surface area contributed by atoms with Crippen LogP contribution in [0.4, 0.5) is 0 Å². The Morgan fingerprint density at radius 3 is 2.44 bits per heavy atom. The molecule has 1 N–H and O–H groups in total. The first-order chi connectivity index (χ1) is 8.23. The normalized spacial score (nSPS) is 15.6. The molecule has 0 radical (unpaired) electrons. The molecule has 0 bridgehead atoms. The first-order valence-electron chi connectivity index (χ1n) is 6.26. The highest BCUT2D eigenvalue weighted by Gasteiger charge is 2.16. The van der Waals surface area contributed by atoms with E-state index in [4.69, 9.17) is 0 Å². The van der Waals surface area contributed by atoms with Crippen LogP contribution in [0.2, 0.25) is 0 Å². The van der Waals surface area contributed by atoms with Crippen molar-refractivity contribution < 1.29 is 8.42 Å². The third-order valence-corrected chi connectivity index (χ3v) is 5.54. The molecular weight excluding hydrogens is 266 g/mol. The van der Waals surface area contributed by atoms with Gasteiger partial charge in [0.05, 0.1) is 5.75 Å². The van der Waals surface area contributed by atoms with Gasteiger partial charge in [0.2, 0.25) is 0 Å². The minimum absolute atomic E-state index is 0.0255. The van der Waals surface area contributed by atoms with E-state index in [0.717, 1.165) is 6.42 Å². The van der Waals surface area contributed by atoms with Crippen LogP contribution in [0.5, 0.6) is 0 Å². The Labute approximate surface area is 115 Å². The Morgan fingerprint density at radius 2 is 2.00 bits per heavy atom. The SMILES string of the molecule is CCc1sc(C(C)NC(C)CS(C)(=O)=O)cc1C. The van der Waals surface area contributed by atoms with E-state index in [-0.39, 0.29) is 17.8 Å². The average Bonchev–Trinajstić information content (AvgIpc) is 2.56. The van der Waals surface area contributed by atoms with E-state index in [1.807, 2.05) is 18.3 Å². The fraction of sp³-hybridized carbons (Fsp3) is 0.692. The van der Waals surface area contributed by atoms with E-state index in [1.54, 1.807) is 0 Å². The number of aryl methyl sites for hydroxylation is 2. The molecule has 1 rings (SSSR count). The van der Waals surface area contributed by atoms with Crippen molar-refractivity contribution >= 4 is 21.2 Å². The van der Waals surface area contributed by atoms with Gasteiger partial charge in [-0.3, -0.25) is 0 Å². The monoisotopic (exact) mass is 289 g/mol. The van der Waals surface area contributed by atoms with Gasteiger partial charge >= 0.3 is 0 Å². The van der Waals surface area contributed by atoms with Gasteiger partial charge in [0.1, 0.15) is 9.84 Å². The van der Waals surface area contributed by atoms with E-state index in [1.165, 1.54) is 21.6 Å². The standard InChI is InChI=1S/C13H23NO2S2/c1-6-12-9(2)7-13(17-12)11(4)14-10(3)8-18(5,15)16/h7,10-11,14H,6,8H2,1-5H3. The molecule has 5 heteroatoms. The predicted octanol–water partition coefficient (Wildman–Crippen LogP) is 2.70. The lowest BCUT2D eigenvalue weighted by Gasteiger charge is -2.18. The van der Waals surface area contributed by atoms with E-state index in [0.29, 0.717) is 0 Å². The molecule has 0 aliphatic heterocycles. The maximum Gasteiger partial charge on any atom is 0.148 e. The summed E-state index contributed by atoms with van der Waals surface area (Å²) in [5.74, 6) is 0.183. The minimum Gasteiger partial charge on any atom is -0.306 e. The molecule has 0 fully saturated rings. The molecule has 2 unspecified atom stereocenters. The summed E-state index contributed by atoms with van der Waals surface area (Å²) in [6, 6.07) is 2.38. The Balaban J connectivity index is 2.67.